The van der Waals surface area contributed by atoms with Crippen molar-refractivity contribution in [2.75, 3.05) is 12.9 Å². The lowest BCUT2D eigenvalue weighted by atomic mass is 10.2. The van der Waals surface area contributed by atoms with Crippen LogP contribution in [-0.4, -0.2) is 23.8 Å². The Hall–Kier alpha value is -1.03. The van der Waals surface area contributed by atoms with Gasteiger partial charge in [-0.1, -0.05) is 20.3 Å². The van der Waals surface area contributed by atoms with Crippen molar-refractivity contribution >= 4 is 17.7 Å². The molecule has 1 rings (SSSR count). The van der Waals surface area contributed by atoms with Crippen LogP contribution in [0.15, 0.2) is 18.3 Å². The molecule has 0 bridgehead atoms. The molecule has 0 aromatic carbocycles. The standard InChI is InChI=1S/C13H19NO2S/c1-4-10(2)8-17-9-12-6-5-11(7-14-12)13(15)16-3/h5-7,10H,4,8-9H2,1-3H3. The number of ether oxygens (including phenoxy) is 1. The first-order valence-corrected chi connectivity index (χ1v) is 6.93. The van der Waals surface area contributed by atoms with Crippen LogP contribution < -0.4 is 0 Å². The molecule has 1 atom stereocenters. The second-order valence-corrected chi connectivity index (χ2v) is 5.09. The Kier molecular flexibility index (Phi) is 6.05. The molecule has 0 aliphatic carbocycles. The van der Waals surface area contributed by atoms with E-state index in [9.17, 15) is 4.79 Å². The van der Waals surface area contributed by atoms with Crippen LogP contribution in [0.1, 0.15) is 36.3 Å². The molecule has 0 amide bonds. The highest BCUT2D eigenvalue weighted by Gasteiger charge is 2.05. The number of carbonyl (C=O) groups excluding carboxylic acids is 1. The van der Waals surface area contributed by atoms with E-state index in [1.165, 1.54) is 13.5 Å². The van der Waals surface area contributed by atoms with Crippen molar-refractivity contribution in [3.63, 3.8) is 0 Å². The summed E-state index contributed by atoms with van der Waals surface area (Å²) < 4.78 is 4.62. The van der Waals surface area contributed by atoms with Crippen LogP contribution in [0, 0.1) is 5.92 Å². The van der Waals surface area contributed by atoms with Gasteiger partial charge in [0.2, 0.25) is 0 Å². The maximum Gasteiger partial charge on any atom is 0.339 e. The molecule has 0 aliphatic rings. The van der Waals surface area contributed by atoms with Crippen molar-refractivity contribution in [2.45, 2.75) is 26.0 Å². The van der Waals surface area contributed by atoms with E-state index in [0.717, 1.165) is 23.1 Å². The molecule has 0 radical (unpaired) electrons. The van der Waals surface area contributed by atoms with E-state index >= 15 is 0 Å². The predicted molar refractivity (Wildman–Crippen MR) is 71.2 cm³/mol. The van der Waals surface area contributed by atoms with Crippen molar-refractivity contribution < 1.29 is 9.53 Å². The number of pyridine rings is 1. The summed E-state index contributed by atoms with van der Waals surface area (Å²) in [6.45, 7) is 4.45. The molecular formula is C13H19NO2S. The van der Waals surface area contributed by atoms with Gasteiger partial charge in [-0.3, -0.25) is 4.98 Å². The Labute approximate surface area is 107 Å². The van der Waals surface area contributed by atoms with Gasteiger partial charge in [-0.25, -0.2) is 4.79 Å². The third-order valence-corrected chi connectivity index (χ3v) is 3.90. The molecule has 0 fully saturated rings. The molecule has 94 valence electrons. The Morgan fingerprint density at radius 3 is 2.82 bits per heavy atom. The van der Waals surface area contributed by atoms with E-state index in [2.05, 4.69) is 23.6 Å². The highest BCUT2D eigenvalue weighted by molar-refractivity contribution is 7.98. The number of nitrogens with zero attached hydrogens (tertiary/aromatic N) is 1. The average Bonchev–Trinajstić information content (AvgIpc) is 2.38. The number of thioether (sulfide) groups is 1. The summed E-state index contributed by atoms with van der Waals surface area (Å²) in [5, 5.41) is 0. The van der Waals surface area contributed by atoms with E-state index in [4.69, 9.17) is 0 Å². The highest BCUT2D eigenvalue weighted by Crippen LogP contribution is 2.16. The zero-order valence-corrected chi connectivity index (χ0v) is 11.4. The molecule has 1 aromatic heterocycles. The van der Waals surface area contributed by atoms with Crippen LogP contribution >= 0.6 is 11.8 Å². The Bertz CT molecular complexity index is 351. The molecule has 0 aliphatic heterocycles. The third-order valence-electron chi connectivity index (χ3n) is 2.60. The first-order valence-electron chi connectivity index (χ1n) is 5.78. The van der Waals surface area contributed by atoms with Gasteiger partial charge < -0.3 is 4.74 Å². The monoisotopic (exact) mass is 253 g/mol. The van der Waals surface area contributed by atoms with E-state index in [1.807, 2.05) is 17.8 Å². The number of hydrogen-bond donors (Lipinski definition) is 0. The van der Waals surface area contributed by atoms with Gasteiger partial charge in [-0.05, 0) is 23.8 Å². The van der Waals surface area contributed by atoms with Gasteiger partial charge in [-0.2, -0.15) is 11.8 Å². The fourth-order valence-electron chi connectivity index (χ4n) is 1.23. The molecule has 0 spiro atoms. The molecule has 0 saturated carbocycles. The summed E-state index contributed by atoms with van der Waals surface area (Å²) in [5.74, 6) is 2.45. The van der Waals surface area contributed by atoms with E-state index in [-0.39, 0.29) is 5.97 Å². The van der Waals surface area contributed by atoms with Crippen LogP contribution in [0.25, 0.3) is 0 Å². The van der Waals surface area contributed by atoms with Crippen molar-refractivity contribution in [3.05, 3.63) is 29.6 Å². The molecular weight excluding hydrogens is 234 g/mol. The van der Waals surface area contributed by atoms with Crippen LogP contribution in [0.5, 0.6) is 0 Å². The zero-order chi connectivity index (χ0) is 12.7. The van der Waals surface area contributed by atoms with Gasteiger partial charge >= 0.3 is 5.97 Å². The fraction of sp³-hybridized carbons (Fsp3) is 0.538. The fourth-order valence-corrected chi connectivity index (χ4v) is 2.37. The number of carbonyl (C=O) groups is 1. The molecule has 3 nitrogen and oxygen atoms in total. The van der Waals surface area contributed by atoms with Gasteiger partial charge in [0.15, 0.2) is 0 Å². The SMILES string of the molecule is CCC(C)CSCc1ccc(C(=O)OC)cn1. The van der Waals surface area contributed by atoms with Crippen LogP contribution in [0.4, 0.5) is 0 Å². The summed E-state index contributed by atoms with van der Waals surface area (Å²) >= 11 is 1.88. The quantitative estimate of drug-likeness (QED) is 0.730. The molecule has 4 heteroatoms. The van der Waals surface area contributed by atoms with E-state index < -0.39 is 0 Å². The average molecular weight is 253 g/mol. The molecule has 1 heterocycles. The first-order chi connectivity index (χ1) is 8.17. The van der Waals surface area contributed by atoms with Gasteiger partial charge in [0.05, 0.1) is 18.4 Å². The number of aromatic nitrogens is 1. The number of methoxy groups -OCH3 is 1. The van der Waals surface area contributed by atoms with Crippen molar-refractivity contribution in [2.24, 2.45) is 5.92 Å². The number of rotatable bonds is 6. The summed E-state index contributed by atoms with van der Waals surface area (Å²) in [5.41, 5.74) is 1.51. The minimum atomic E-state index is -0.337. The minimum Gasteiger partial charge on any atom is -0.465 e. The highest BCUT2D eigenvalue weighted by atomic mass is 32.2. The lowest BCUT2D eigenvalue weighted by molar-refractivity contribution is 0.0600. The van der Waals surface area contributed by atoms with Crippen molar-refractivity contribution in [1.29, 1.82) is 0 Å². The second-order valence-electron chi connectivity index (χ2n) is 4.06. The van der Waals surface area contributed by atoms with E-state index in [0.29, 0.717) is 5.56 Å². The van der Waals surface area contributed by atoms with Crippen LogP contribution in [-0.2, 0) is 10.5 Å². The van der Waals surface area contributed by atoms with Gasteiger partial charge in [0.25, 0.3) is 0 Å². The van der Waals surface area contributed by atoms with Gasteiger partial charge in [0, 0.05) is 11.9 Å². The maximum atomic E-state index is 11.2. The third kappa shape index (κ3) is 4.77. The first kappa shape index (κ1) is 14.0. The number of hydrogen-bond acceptors (Lipinski definition) is 4. The Morgan fingerprint density at radius 2 is 2.29 bits per heavy atom. The zero-order valence-electron chi connectivity index (χ0n) is 10.6. The molecule has 1 aromatic rings. The summed E-state index contributed by atoms with van der Waals surface area (Å²) in [6.07, 6.45) is 2.78. The predicted octanol–water partition coefficient (Wildman–Crippen LogP) is 3.15. The van der Waals surface area contributed by atoms with Gasteiger partial charge in [0.1, 0.15) is 0 Å². The smallest absolute Gasteiger partial charge is 0.339 e. The summed E-state index contributed by atoms with van der Waals surface area (Å²) in [6, 6.07) is 3.65. The van der Waals surface area contributed by atoms with Crippen LogP contribution in [0.2, 0.25) is 0 Å². The molecule has 17 heavy (non-hydrogen) atoms. The maximum absolute atomic E-state index is 11.2. The van der Waals surface area contributed by atoms with Crippen molar-refractivity contribution in [1.82, 2.24) is 4.98 Å². The normalized spacial score (nSPS) is 12.2. The minimum absolute atomic E-state index is 0.337. The number of esters is 1. The van der Waals surface area contributed by atoms with Crippen LogP contribution in [0.3, 0.4) is 0 Å². The Morgan fingerprint density at radius 1 is 1.53 bits per heavy atom. The van der Waals surface area contributed by atoms with E-state index in [1.54, 1.807) is 12.3 Å². The Balaban J connectivity index is 2.43. The van der Waals surface area contributed by atoms with Gasteiger partial charge in [-0.15, -0.1) is 0 Å². The lowest BCUT2D eigenvalue weighted by Crippen LogP contribution is -2.02. The molecule has 0 saturated heterocycles. The molecule has 1 unspecified atom stereocenters. The lowest BCUT2D eigenvalue weighted by Gasteiger charge is -2.07. The van der Waals surface area contributed by atoms with Crippen molar-refractivity contribution in [3.8, 4) is 0 Å². The summed E-state index contributed by atoms with van der Waals surface area (Å²) in [4.78, 5) is 15.4. The second kappa shape index (κ2) is 7.33. The summed E-state index contributed by atoms with van der Waals surface area (Å²) in [7, 11) is 1.37. The topological polar surface area (TPSA) is 39.2 Å². The molecule has 0 N–H and O–H groups in total. The largest absolute Gasteiger partial charge is 0.465 e.